The lowest BCUT2D eigenvalue weighted by molar-refractivity contribution is -0.113. The fraction of sp³-hybridized carbons (Fsp3) is 0.0909. The van der Waals surface area contributed by atoms with Crippen LogP contribution < -0.4 is 10.9 Å². The molecule has 7 heteroatoms. The summed E-state index contributed by atoms with van der Waals surface area (Å²) in [7, 11) is 0. The highest BCUT2D eigenvalue weighted by molar-refractivity contribution is 7.99. The van der Waals surface area contributed by atoms with Gasteiger partial charge in [-0.1, -0.05) is 41.6 Å². The zero-order valence-electron chi connectivity index (χ0n) is 15.7. The number of benzene rings is 2. The topological polar surface area (TPSA) is 76.9 Å². The van der Waals surface area contributed by atoms with Crippen LogP contribution in [0.25, 0.3) is 16.6 Å². The molecular formula is C22H18N4O2S. The van der Waals surface area contributed by atoms with E-state index in [4.69, 9.17) is 0 Å². The predicted molar refractivity (Wildman–Crippen MR) is 116 cm³/mol. The SMILES string of the molecule is Cc1ccc(-n2c(SCC(=O)Nc3cccnc3)nc3ccccc3c2=O)cc1. The lowest BCUT2D eigenvalue weighted by Crippen LogP contribution is -2.23. The van der Waals surface area contributed by atoms with Crippen LogP contribution in [-0.4, -0.2) is 26.2 Å². The molecule has 2 aromatic heterocycles. The zero-order chi connectivity index (χ0) is 20.2. The third-order valence-electron chi connectivity index (χ3n) is 4.31. The maximum atomic E-state index is 13.2. The van der Waals surface area contributed by atoms with Crippen molar-refractivity contribution in [3.63, 3.8) is 0 Å². The number of hydrogen-bond donors (Lipinski definition) is 1. The van der Waals surface area contributed by atoms with Gasteiger partial charge in [0, 0.05) is 6.20 Å². The quantitative estimate of drug-likeness (QED) is 0.406. The second-order valence-corrected chi connectivity index (χ2v) is 7.41. The van der Waals surface area contributed by atoms with Crippen molar-refractivity contribution in [3.8, 4) is 5.69 Å². The molecule has 0 aliphatic carbocycles. The Bertz CT molecular complexity index is 1220. The van der Waals surface area contributed by atoms with Gasteiger partial charge in [0.15, 0.2) is 5.16 Å². The van der Waals surface area contributed by atoms with Crippen LogP contribution in [0, 0.1) is 6.92 Å². The lowest BCUT2D eigenvalue weighted by atomic mass is 10.2. The number of fused-ring (bicyclic) bond motifs is 1. The monoisotopic (exact) mass is 402 g/mol. The molecule has 0 bridgehead atoms. The molecule has 0 aliphatic rings. The van der Waals surface area contributed by atoms with Crippen molar-refractivity contribution < 1.29 is 4.79 Å². The first-order valence-corrected chi connectivity index (χ1v) is 10.0. The highest BCUT2D eigenvalue weighted by Gasteiger charge is 2.15. The minimum absolute atomic E-state index is 0.117. The molecule has 0 saturated carbocycles. The van der Waals surface area contributed by atoms with Crippen LogP contribution in [0.4, 0.5) is 5.69 Å². The number of carbonyl (C=O) groups excluding carboxylic acids is 1. The number of pyridine rings is 1. The van der Waals surface area contributed by atoms with Crippen molar-refractivity contribution in [2.75, 3.05) is 11.1 Å². The van der Waals surface area contributed by atoms with E-state index in [0.29, 0.717) is 27.4 Å². The summed E-state index contributed by atoms with van der Waals surface area (Å²) >= 11 is 1.22. The van der Waals surface area contributed by atoms with E-state index in [2.05, 4.69) is 15.3 Å². The Morgan fingerprint density at radius 3 is 2.62 bits per heavy atom. The van der Waals surface area contributed by atoms with E-state index < -0.39 is 0 Å². The summed E-state index contributed by atoms with van der Waals surface area (Å²) in [6.07, 6.45) is 3.22. The van der Waals surface area contributed by atoms with Gasteiger partial charge in [-0.3, -0.25) is 19.1 Å². The number of thioether (sulfide) groups is 1. The number of aryl methyl sites for hydroxylation is 1. The van der Waals surface area contributed by atoms with Crippen LogP contribution in [-0.2, 0) is 4.79 Å². The fourth-order valence-corrected chi connectivity index (χ4v) is 3.71. The summed E-state index contributed by atoms with van der Waals surface area (Å²) < 4.78 is 1.56. The highest BCUT2D eigenvalue weighted by Crippen LogP contribution is 2.22. The van der Waals surface area contributed by atoms with Gasteiger partial charge in [0.1, 0.15) is 0 Å². The number of para-hydroxylation sites is 1. The Morgan fingerprint density at radius 1 is 1.07 bits per heavy atom. The second kappa shape index (κ2) is 8.28. The largest absolute Gasteiger partial charge is 0.324 e. The maximum Gasteiger partial charge on any atom is 0.266 e. The van der Waals surface area contributed by atoms with Gasteiger partial charge < -0.3 is 5.32 Å². The van der Waals surface area contributed by atoms with E-state index in [0.717, 1.165) is 5.56 Å². The Hall–Kier alpha value is -3.45. The number of amides is 1. The number of anilines is 1. The lowest BCUT2D eigenvalue weighted by Gasteiger charge is -2.13. The van der Waals surface area contributed by atoms with Crippen LogP contribution in [0.5, 0.6) is 0 Å². The number of hydrogen-bond acceptors (Lipinski definition) is 5. The van der Waals surface area contributed by atoms with Gasteiger partial charge in [0.05, 0.1) is 34.2 Å². The van der Waals surface area contributed by atoms with E-state index in [9.17, 15) is 9.59 Å². The van der Waals surface area contributed by atoms with Crippen molar-refractivity contribution in [2.24, 2.45) is 0 Å². The Kier molecular flexibility index (Phi) is 5.39. The van der Waals surface area contributed by atoms with Crippen LogP contribution in [0.15, 0.2) is 83.0 Å². The van der Waals surface area contributed by atoms with E-state index in [1.54, 1.807) is 41.2 Å². The van der Waals surface area contributed by atoms with E-state index in [1.807, 2.05) is 43.3 Å². The van der Waals surface area contributed by atoms with Gasteiger partial charge in [0.2, 0.25) is 5.91 Å². The van der Waals surface area contributed by atoms with Gasteiger partial charge in [-0.15, -0.1) is 0 Å². The number of nitrogens with one attached hydrogen (secondary N) is 1. The van der Waals surface area contributed by atoms with Crippen LogP contribution in [0.2, 0.25) is 0 Å². The molecule has 1 N–H and O–H groups in total. The average Bonchev–Trinajstić information content (AvgIpc) is 2.74. The minimum atomic E-state index is -0.194. The number of nitrogens with zero attached hydrogens (tertiary/aromatic N) is 3. The van der Waals surface area contributed by atoms with E-state index >= 15 is 0 Å². The molecule has 29 heavy (non-hydrogen) atoms. The third kappa shape index (κ3) is 4.20. The van der Waals surface area contributed by atoms with Gasteiger partial charge >= 0.3 is 0 Å². The number of aromatic nitrogens is 3. The molecule has 0 spiro atoms. The molecule has 2 aromatic carbocycles. The van der Waals surface area contributed by atoms with Gasteiger partial charge in [-0.25, -0.2) is 4.98 Å². The molecule has 0 atom stereocenters. The van der Waals surface area contributed by atoms with Crippen molar-refractivity contribution in [1.29, 1.82) is 0 Å². The standard InChI is InChI=1S/C22H18N4O2S/c1-15-8-10-17(11-9-15)26-21(28)18-6-2-3-7-19(18)25-22(26)29-14-20(27)24-16-5-4-12-23-13-16/h2-13H,14H2,1H3,(H,24,27). The maximum absolute atomic E-state index is 13.2. The molecule has 4 rings (SSSR count). The summed E-state index contributed by atoms with van der Waals surface area (Å²) in [6, 6.07) is 18.4. The first-order valence-electron chi connectivity index (χ1n) is 9.03. The number of rotatable bonds is 5. The molecule has 2 heterocycles. The normalized spacial score (nSPS) is 10.8. The molecule has 0 saturated heterocycles. The summed E-state index contributed by atoms with van der Waals surface area (Å²) in [4.78, 5) is 34.2. The summed E-state index contributed by atoms with van der Waals surface area (Å²) in [6.45, 7) is 1.99. The minimum Gasteiger partial charge on any atom is -0.324 e. The van der Waals surface area contributed by atoms with Crippen LogP contribution in [0.1, 0.15) is 5.56 Å². The van der Waals surface area contributed by atoms with Gasteiger partial charge in [0.25, 0.3) is 5.56 Å². The van der Waals surface area contributed by atoms with Crippen molar-refractivity contribution >= 4 is 34.3 Å². The van der Waals surface area contributed by atoms with Crippen molar-refractivity contribution in [1.82, 2.24) is 14.5 Å². The summed E-state index contributed by atoms with van der Waals surface area (Å²) in [5.74, 6) is -0.0770. The first-order chi connectivity index (χ1) is 14.1. The van der Waals surface area contributed by atoms with Gasteiger partial charge in [-0.05, 0) is 43.3 Å². The van der Waals surface area contributed by atoms with Crippen LogP contribution in [0.3, 0.4) is 0 Å². The van der Waals surface area contributed by atoms with Gasteiger partial charge in [-0.2, -0.15) is 0 Å². The highest BCUT2D eigenvalue weighted by atomic mass is 32.2. The molecular weight excluding hydrogens is 384 g/mol. The summed E-state index contributed by atoms with van der Waals surface area (Å²) in [5.41, 5.74) is 2.89. The first kappa shape index (κ1) is 18.9. The third-order valence-corrected chi connectivity index (χ3v) is 5.25. The smallest absolute Gasteiger partial charge is 0.266 e. The molecule has 0 unspecified atom stereocenters. The van der Waals surface area contributed by atoms with E-state index in [1.165, 1.54) is 11.8 Å². The molecule has 144 valence electrons. The summed E-state index contributed by atoms with van der Waals surface area (Å²) in [5, 5.41) is 3.80. The molecule has 6 nitrogen and oxygen atoms in total. The van der Waals surface area contributed by atoms with Crippen molar-refractivity contribution in [2.45, 2.75) is 12.1 Å². The number of carbonyl (C=O) groups is 1. The second-order valence-electron chi connectivity index (χ2n) is 6.47. The zero-order valence-corrected chi connectivity index (χ0v) is 16.5. The van der Waals surface area contributed by atoms with Crippen molar-refractivity contribution in [3.05, 3.63) is 89.0 Å². The Labute approximate surface area is 171 Å². The van der Waals surface area contributed by atoms with Crippen LogP contribution >= 0.6 is 11.8 Å². The molecule has 1 amide bonds. The molecule has 0 fully saturated rings. The molecule has 4 aromatic rings. The molecule has 0 aliphatic heterocycles. The Morgan fingerprint density at radius 2 is 1.86 bits per heavy atom. The van der Waals surface area contributed by atoms with E-state index in [-0.39, 0.29) is 17.2 Å². The molecule has 0 radical (unpaired) electrons. The predicted octanol–water partition coefficient (Wildman–Crippen LogP) is 3.82. The Balaban J connectivity index is 1.68. The average molecular weight is 402 g/mol. The fourth-order valence-electron chi connectivity index (χ4n) is 2.89.